The largest absolute Gasteiger partial charge is 0.383 e. The number of hydrogen-bond acceptors (Lipinski definition) is 9. The minimum Gasteiger partial charge on any atom is -0.383 e. The fourth-order valence-corrected chi connectivity index (χ4v) is 4.70. The van der Waals surface area contributed by atoms with Crippen molar-refractivity contribution < 1.29 is 13.2 Å². The lowest BCUT2D eigenvalue weighted by molar-refractivity contribution is 0.204. The van der Waals surface area contributed by atoms with Crippen molar-refractivity contribution in [3.63, 3.8) is 0 Å². The van der Waals surface area contributed by atoms with Crippen LogP contribution < -0.4 is 15.4 Å². The summed E-state index contributed by atoms with van der Waals surface area (Å²) in [7, 11) is -2.12. The average molecular weight is 449 g/mol. The van der Waals surface area contributed by atoms with Gasteiger partial charge in [-0.2, -0.15) is 0 Å². The van der Waals surface area contributed by atoms with Crippen LogP contribution >= 0.6 is 11.3 Å². The highest BCUT2D eigenvalue weighted by Crippen LogP contribution is 2.32. The molecule has 2 heterocycles. The van der Waals surface area contributed by atoms with E-state index in [4.69, 9.17) is 4.74 Å². The predicted octanol–water partition coefficient (Wildman–Crippen LogP) is 3.01. The molecular formula is C19H24N6O3S2. The summed E-state index contributed by atoms with van der Waals surface area (Å²) in [6.45, 7) is 5.24. The molecular weight excluding hydrogens is 424 g/mol. The fourth-order valence-electron chi connectivity index (χ4n) is 2.64. The number of nitrogens with one attached hydrogen (secondary N) is 3. The van der Waals surface area contributed by atoms with Gasteiger partial charge in [0.1, 0.15) is 0 Å². The van der Waals surface area contributed by atoms with E-state index < -0.39 is 10.0 Å². The van der Waals surface area contributed by atoms with Crippen LogP contribution in [0.4, 0.5) is 16.8 Å². The summed E-state index contributed by atoms with van der Waals surface area (Å²) in [6.07, 6.45) is 1.66. The van der Waals surface area contributed by atoms with Crippen LogP contribution in [0, 0.1) is 6.92 Å². The summed E-state index contributed by atoms with van der Waals surface area (Å²) in [5.41, 5.74) is 2.20. The van der Waals surface area contributed by atoms with Gasteiger partial charge in [0.25, 0.3) is 0 Å². The van der Waals surface area contributed by atoms with Crippen LogP contribution in [0.5, 0.6) is 0 Å². The van der Waals surface area contributed by atoms with E-state index in [0.29, 0.717) is 18.2 Å². The second kappa shape index (κ2) is 9.94. The van der Waals surface area contributed by atoms with Gasteiger partial charge in [-0.15, -0.1) is 0 Å². The molecule has 11 heteroatoms. The molecule has 0 atom stereocenters. The van der Waals surface area contributed by atoms with Gasteiger partial charge in [0.2, 0.25) is 16.0 Å². The number of ether oxygens (including phenoxy) is 1. The number of aromatic nitrogens is 3. The van der Waals surface area contributed by atoms with E-state index >= 15 is 0 Å². The molecule has 0 unspecified atom stereocenters. The lowest BCUT2D eigenvalue weighted by Gasteiger charge is -2.09. The highest BCUT2D eigenvalue weighted by molar-refractivity contribution is 7.89. The van der Waals surface area contributed by atoms with Crippen molar-refractivity contribution in [2.45, 2.75) is 18.7 Å². The lowest BCUT2D eigenvalue weighted by atomic mass is 10.3. The first-order valence-electron chi connectivity index (χ1n) is 9.33. The van der Waals surface area contributed by atoms with Crippen molar-refractivity contribution in [1.29, 1.82) is 0 Å². The number of methoxy groups -OCH3 is 1. The molecule has 0 bridgehead atoms. The van der Waals surface area contributed by atoms with Gasteiger partial charge in [-0.3, -0.25) is 0 Å². The quantitative estimate of drug-likeness (QED) is 0.405. The van der Waals surface area contributed by atoms with Crippen molar-refractivity contribution in [1.82, 2.24) is 19.7 Å². The van der Waals surface area contributed by atoms with Crippen LogP contribution in [0.25, 0.3) is 10.6 Å². The summed E-state index contributed by atoms with van der Waals surface area (Å²) >= 11 is 1.53. The molecule has 3 aromatic rings. The monoisotopic (exact) mass is 448 g/mol. The van der Waals surface area contributed by atoms with E-state index in [0.717, 1.165) is 27.9 Å². The van der Waals surface area contributed by atoms with Crippen LogP contribution in [0.2, 0.25) is 0 Å². The Labute approximate surface area is 180 Å². The first-order chi connectivity index (χ1) is 14.4. The molecule has 3 rings (SSSR count). The van der Waals surface area contributed by atoms with Crippen LogP contribution in [0.3, 0.4) is 0 Å². The van der Waals surface area contributed by atoms with E-state index in [1.165, 1.54) is 30.6 Å². The molecule has 1 aromatic carbocycles. The Balaban J connectivity index is 1.80. The molecule has 0 aliphatic rings. The third-order valence-corrected chi connectivity index (χ3v) is 6.61. The Kier molecular flexibility index (Phi) is 7.32. The van der Waals surface area contributed by atoms with Crippen molar-refractivity contribution in [3.05, 3.63) is 42.2 Å². The zero-order chi connectivity index (χ0) is 21.6. The van der Waals surface area contributed by atoms with Crippen molar-refractivity contribution in [2.24, 2.45) is 0 Å². The summed E-state index contributed by atoms with van der Waals surface area (Å²) < 4.78 is 32.2. The predicted molar refractivity (Wildman–Crippen MR) is 119 cm³/mol. The molecule has 0 aliphatic heterocycles. The maximum atomic E-state index is 12.4. The van der Waals surface area contributed by atoms with Gasteiger partial charge in [0.15, 0.2) is 5.13 Å². The molecule has 2 aromatic heterocycles. The molecule has 0 radical (unpaired) electrons. The van der Waals surface area contributed by atoms with Crippen LogP contribution in [0.1, 0.15) is 12.6 Å². The van der Waals surface area contributed by atoms with E-state index in [-0.39, 0.29) is 11.4 Å². The molecule has 3 N–H and O–H groups in total. The molecule has 0 saturated carbocycles. The topological polar surface area (TPSA) is 118 Å². The number of rotatable bonds is 10. The zero-order valence-corrected chi connectivity index (χ0v) is 18.6. The van der Waals surface area contributed by atoms with Gasteiger partial charge >= 0.3 is 0 Å². The second-order valence-electron chi connectivity index (χ2n) is 6.27. The summed E-state index contributed by atoms with van der Waals surface area (Å²) in [5, 5.41) is 7.13. The van der Waals surface area contributed by atoms with Crippen LogP contribution in [0.15, 0.2) is 41.4 Å². The molecule has 0 spiro atoms. The lowest BCUT2D eigenvalue weighted by Crippen LogP contribution is -2.27. The molecule has 9 nitrogen and oxygen atoms in total. The van der Waals surface area contributed by atoms with Gasteiger partial charge in [-0.25, -0.2) is 28.1 Å². The van der Waals surface area contributed by atoms with Crippen molar-refractivity contribution in [2.75, 3.05) is 37.4 Å². The maximum absolute atomic E-state index is 12.4. The van der Waals surface area contributed by atoms with E-state index in [9.17, 15) is 8.42 Å². The first kappa shape index (κ1) is 22.1. The highest BCUT2D eigenvalue weighted by Gasteiger charge is 2.15. The molecule has 160 valence electrons. The normalized spacial score (nSPS) is 11.4. The Morgan fingerprint density at radius 1 is 1.20 bits per heavy atom. The van der Waals surface area contributed by atoms with Gasteiger partial charge < -0.3 is 15.4 Å². The molecule has 0 amide bonds. The van der Waals surface area contributed by atoms with E-state index in [1.807, 2.05) is 19.9 Å². The smallest absolute Gasteiger partial charge is 0.240 e. The number of hydrogen-bond donors (Lipinski definition) is 3. The van der Waals surface area contributed by atoms with E-state index in [2.05, 4.69) is 30.3 Å². The first-order valence-corrected chi connectivity index (χ1v) is 11.6. The number of sulfonamides is 1. The average Bonchev–Trinajstić information content (AvgIpc) is 3.09. The Hall–Kier alpha value is -2.60. The Morgan fingerprint density at radius 2 is 2.03 bits per heavy atom. The maximum Gasteiger partial charge on any atom is 0.240 e. The number of aryl methyl sites for hydroxylation is 1. The van der Waals surface area contributed by atoms with Gasteiger partial charge in [0.05, 0.1) is 27.8 Å². The number of thiazole rings is 1. The SMILES string of the molecule is CCNc1nc(C)c(-c2ccnc(Nc3cccc(S(=O)(=O)NCCOC)c3)n2)s1. The van der Waals surface area contributed by atoms with Crippen LogP contribution in [-0.2, 0) is 14.8 Å². The van der Waals surface area contributed by atoms with Gasteiger partial charge in [-0.05, 0) is 38.1 Å². The summed E-state index contributed by atoms with van der Waals surface area (Å²) in [6, 6.07) is 8.30. The fraction of sp³-hybridized carbons (Fsp3) is 0.316. The van der Waals surface area contributed by atoms with Crippen molar-refractivity contribution in [3.8, 4) is 10.6 Å². The number of anilines is 3. The molecule has 30 heavy (non-hydrogen) atoms. The minimum atomic E-state index is -3.63. The Bertz CT molecular complexity index is 1100. The third kappa shape index (κ3) is 5.51. The standard InChI is InChI=1S/C19H24N6O3S2/c1-4-20-19-23-13(2)17(29-19)16-8-9-21-18(25-16)24-14-6-5-7-15(12-14)30(26,27)22-10-11-28-3/h5-9,12,22H,4,10-11H2,1-3H3,(H,20,23)(H,21,24,25). The number of nitrogens with zero attached hydrogens (tertiary/aromatic N) is 3. The minimum absolute atomic E-state index is 0.147. The molecule has 0 saturated heterocycles. The summed E-state index contributed by atoms with van der Waals surface area (Å²) in [4.78, 5) is 14.4. The Morgan fingerprint density at radius 3 is 2.80 bits per heavy atom. The van der Waals surface area contributed by atoms with Crippen LogP contribution in [-0.4, -0.2) is 50.2 Å². The third-order valence-electron chi connectivity index (χ3n) is 4.01. The molecule has 0 fully saturated rings. The zero-order valence-electron chi connectivity index (χ0n) is 17.0. The number of benzene rings is 1. The highest BCUT2D eigenvalue weighted by atomic mass is 32.2. The summed E-state index contributed by atoms with van der Waals surface area (Å²) in [5.74, 6) is 0.368. The van der Waals surface area contributed by atoms with E-state index in [1.54, 1.807) is 18.3 Å². The van der Waals surface area contributed by atoms with Crippen molar-refractivity contribution >= 4 is 38.1 Å². The molecule has 0 aliphatic carbocycles. The second-order valence-corrected chi connectivity index (χ2v) is 9.04. The van der Waals surface area contributed by atoms with Gasteiger partial charge in [0, 0.05) is 32.1 Å². The van der Waals surface area contributed by atoms with Gasteiger partial charge in [-0.1, -0.05) is 17.4 Å².